The van der Waals surface area contributed by atoms with Crippen LogP contribution in [0.5, 0.6) is 11.5 Å². The Labute approximate surface area is 140 Å². The summed E-state index contributed by atoms with van der Waals surface area (Å²) in [6.45, 7) is -1.51. The lowest BCUT2D eigenvalue weighted by Gasteiger charge is -2.25. The number of halogens is 3. The largest absolute Gasteiger partial charge is 0.493 e. The van der Waals surface area contributed by atoms with Crippen LogP contribution in [0.4, 0.5) is 8.78 Å². The maximum absolute atomic E-state index is 12.6. The number of rotatable bonds is 6. The van der Waals surface area contributed by atoms with Crippen molar-refractivity contribution >= 4 is 18.3 Å². The van der Waals surface area contributed by atoms with E-state index in [1.165, 1.54) is 25.3 Å². The molecule has 2 rings (SSSR count). The number of benzene rings is 1. The standard InChI is InChI=1S/C15H20F2N2O3.ClH/c1-18-9-11-4-3-7-19(11)14(20)10-5-6-12(22-15(16)17)13(8-10)21-2;/h5-6,8,11,15,18H,3-4,7,9H2,1-2H3;1H. The van der Waals surface area contributed by atoms with Crippen LogP contribution in [0.1, 0.15) is 23.2 Å². The minimum Gasteiger partial charge on any atom is -0.493 e. The summed E-state index contributed by atoms with van der Waals surface area (Å²) in [4.78, 5) is 14.4. The summed E-state index contributed by atoms with van der Waals surface area (Å²) in [6, 6.07) is 4.41. The van der Waals surface area contributed by atoms with Crippen LogP contribution in [0.3, 0.4) is 0 Å². The number of nitrogens with one attached hydrogen (secondary N) is 1. The number of hydrogen-bond acceptors (Lipinski definition) is 4. The molecule has 1 aliphatic heterocycles. The number of alkyl halides is 2. The summed E-state index contributed by atoms with van der Waals surface area (Å²) in [5, 5.41) is 3.08. The maximum atomic E-state index is 12.6. The van der Waals surface area contributed by atoms with Gasteiger partial charge in [0, 0.05) is 24.7 Å². The van der Waals surface area contributed by atoms with Crippen molar-refractivity contribution in [2.45, 2.75) is 25.5 Å². The monoisotopic (exact) mass is 350 g/mol. The first kappa shape index (κ1) is 19.4. The third kappa shape index (κ3) is 4.68. The fourth-order valence-corrected chi connectivity index (χ4v) is 2.71. The van der Waals surface area contributed by atoms with Crippen LogP contribution >= 0.6 is 12.4 Å². The maximum Gasteiger partial charge on any atom is 0.387 e. The van der Waals surface area contributed by atoms with Gasteiger partial charge in [-0.1, -0.05) is 0 Å². The normalized spacial score (nSPS) is 17.1. The van der Waals surface area contributed by atoms with Crippen molar-refractivity contribution in [3.63, 3.8) is 0 Å². The van der Waals surface area contributed by atoms with Gasteiger partial charge in [0.15, 0.2) is 11.5 Å². The number of likely N-dealkylation sites (tertiary alicyclic amines) is 1. The van der Waals surface area contributed by atoms with Gasteiger partial charge in [0.25, 0.3) is 5.91 Å². The van der Waals surface area contributed by atoms with Gasteiger partial charge < -0.3 is 19.7 Å². The molecule has 1 aromatic carbocycles. The Hall–Kier alpha value is -1.60. The van der Waals surface area contributed by atoms with Crippen molar-refractivity contribution in [1.82, 2.24) is 10.2 Å². The van der Waals surface area contributed by atoms with Gasteiger partial charge in [0.1, 0.15) is 0 Å². The van der Waals surface area contributed by atoms with Gasteiger partial charge in [0.05, 0.1) is 7.11 Å². The SMILES string of the molecule is CNCC1CCCN1C(=O)c1ccc(OC(F)F)c(OC)c1.Cl. The van der Waals surface area contributed by atoms with Crippen molar-refractivity contribution in [1.29, 1.82) is 0 Å². The molecule has 1 N–H and O–H groups in total. The Bertz CT molecular complexity index is 531. The average molecular weight is 351 g/mol. The second-order valence-electron chi connectivity index (χ2n) is 5.10. The molecule has 0 aromatic heterocycles. The number of hydrogen-bond donors (Lipinski definition) is 1. The fraction of sp³-hybridized carbons (Fsp3) is 0.533. The molecule has 1 amide bonds. The van der Waals surface area contributed by atoms with Crippen LogP contribution in [0.15, 0.2) is 18.2 Å². The number of ether oxygens (including phenoxy) is 2. The van der Waals surface area contributed by atoms with E-state index in [1.807, 2.05) is 7.05 Å². The summed E-state index contributed by atoms with van der Waals surface area (Å²) < 4.78 is 34.0. The first-order chi connectivity index (χ1) is 10.6. The predicted molar refractivity (Wildman–Crippen MR) is 84.9 cm³/mol. The zero-order chi connectivity index (χ0) is 16.1. The van der Waals surface area contributed by atoms with Gasteiger partial charge in [-0.15, -0.1) is 12.4 Å². The Morgan fingerprint density at radius 3 is 2.78 bits per heavy atom. The van der Waals surface area contributed by atoms with Crippen LogP contribution < -0.4 is 14.8 Å². The van der Waals surface area contributed by atoms with Crippen LogP contribution in [0, 0.1) is 0 Å². The Balaban J connectivity index is 0.00000264. The number of nitrogens with zero attached hydrogens (tertiary/aromatic N) is 1. The highest BCUT2D eigenvalue weighted by molar-refractivity contribution is 5.95. The first-order valence-corrected chi connectivity index (χ1v) is 7.15. The summed E-state index contributed by atoms with van der Waals surface area (Å²) >= 11 is 0. The van der Waals surface area contributed by atoms with Crippen LogP contribution in [-0.2, 0) is 0 Å². The van der Waals surface area contributed by atoms with E-state index < -0.39 is 6.61 Å². The molecule has 0 spiro atoms. The zero-order valence-corrected chi connectivity index (χ0v) is 13.9. The van der Waals surface area contributed by atoms with Gasteiger partial charge in [-0.2, -0.15) is 8.78 Å². The average Bonchev–Trinajstić information content (AvgIpc) is 2.95. The highest BCUT2D eigenvalue weighted by Gasteiger charge is 2.29. The Kier molecular flexibility index (Phi) is 7.51. The van der Waals surface area contributed by atoms with E-state index in [0.29, 0.717) is 12.1 Å². The molecule has 0 bridgehead atoms. The second kappa shape index (κ2) is 8.88. The number of carbonyl (C=O) groups excluding carboxylic acids is 1. The molecule has 23 heavy (non-hydrogen) atoms. The Morgan fingerprint density at radius 2 is 2.17 bits per heavy atom. The molecule has 1 saturated heterocycles. The zero-order valence-electron chi connectivity index (χ0n) is 13.1. The van der Waals surface area contributed by atoms with Gasteiger partial charge in [0.2, 0.25) is 0 Å². The molecule has 1 atom stereocenters. The summed E-state index contributed by atoms with van der Waals surface area (Å²) in [6.07, 6.45) is 1.91. The number of amides is 1. The van der Waals surface area contributed by atoms with Crippen molar-refractivity contribution < 1.29 is 23.0 Å². The van der Waals surface area contributed by atoms with Crippen molar-refractivity contribution in [3.05, 3.63) is 23.8 Å². The predicted octanol–water partition coefficient (Wildman–Crippen LogP) is 2.54. The minimum absolute atomic E-state index is 0. The smallest absolute Gasteiger partial charge is 0.387 e. The first-order valence-electron chi connectivity index (χ1n) is 7.15. The van der Waals surface area contributed by atoms with Crippen LogP contribution in [0.2, 0.25) is 0 Å². The van der Waals surface area contributed by atoms with Crippen molar-refractivity contribution in [2.75, 3.05) is 27.2 Å². The molecular weight excluding hydrogens is 330 g/mol. The Morgan fingerprint density at radius 1 is 1.43 bits per heavy atom. The molecule has 130 valence electrons. The summed E-state index contributed by atoms with van der Waals surface area (Å²) in [5.41, 5.74) is 0.404. The number of carbonyl (C=O) groups is 1. The minimum atomic E-state index is -2.94. The third-order valence-corrected chi connectivity index (χ3v) is 3.70. The van der Waals surface area contributed by atoms with E-state index in [1.54, 1.807) is 4.90 Å². The molecule has 1 aromatic rings. The summed E-state index contributed by atoms with van der Waals surface area (Å²) in [7, 11) is 3.20. The molecule has 0 aliphatic carbocycles. The third-order valence-electron chi connectivity index (χ3n) is 3.70. The molecule has 0 saturated carbocycles. The highest BCUT2D eigenvalue weighted by atomic mass is 35.5. The lowest BCUT2D eigenvalue weighted by atomic mass is 10.1. The van der Waals surface area contributed by atoms with Crippen molar-refractivity contribution in [3.8, 4) is 11.5 Å². The quantitative estimate of drug-likeness (QED) is 0.856. The lowest BCUT2D eigenvalue weighted by Crippen LogP contribution is -2.40. The van der Waals surface area contributed by atoms with Gasteiger partial charge in [-0.05, 0) is 38.1 Å². The molecule has 5 nitrogen and oxygen atoms in total. The summed E-state index contributed by atoms with van der Waals surface area (Å²) in [5.74, 6) is -0.0857. The van der Waals surface area contributed by atoms with Gasteiger partial charge >= 0.3 is 6.61 Å². The molecule has 8 heteroatoms. The number of methoxy groups -OCH3 is 1. The van der Waals surface area contributed by atoms with Crippen LogP contribution in [0.25, 0.3) is 0 Å². The van der Waals surface area contributed by atoms with E-state index in [9.17, 15) is 13.6 Å². The topological polar surface area (TPSA) is 50.8 Å². The van der Waals surface area contributed by atoms with E-state index in [-0.39, 0.29) is 35.9 Å². The molecule has 1 unspecified atom stereocenters. The molecule has 0 radical (unpaired) electrons. The molecule has 1 aliphatic rings. The van der Waals surface area contributed by atoms with E-state index in [2.05, 4.69) is 10.1 Å². The molecule has 1 fully saturated rings. The lowest BCUT2D eigenvalue weighted by molar-refractivity contribution is -0.0512. The fourth-order valence-electron chi connectivity index (χ4n) is 2.71. The molecule has 1 heterocycles. The van der Waals surface area contributed by atoms with Crippen LogP contribution in [-0.4, -0.2) is 50.7 Å². The molecular formula is C15H21ClF2N2O3. The van der Waals surface area contributed by atoms with E-state index in [4.69, 9.17) is 4.74 Å². The van der Waals surface area contributed by atoms with E-state index in [0.717, 1.165) is 19.4 Å². The van der Waals surface area contributed by atoms with Gasteiger partial charge in [-0.3, -0.25) is 4.79 Å². The van der Waals surface area contributed by atoms with Crippen molar-refractivity contribution in [2.24, 2.45) is 0 Å². The highest BCUT2D eigenvalue weighted by Crippen LogP contribution is 2.30. The number of likely N-dealkylation sites (N-methyl/N-ethyl adjacent to an activating group) is 1. The second-order valence-corrected chi connectivity index (χ2v) is 5.10. The van der Waals surface area contributed by atoms with Gasteiger partial charge in [-0.25, -0.2) is 0 Å². The van der Waals surface area contributed by atoms with E-state index >= 15 is 0 Å².